The van der Waals surface area contributed by atoms with Gasteiger partial charge >= 0.3 is 0 Å². The molecule has 3 aromatic heterocycles. The molecular formula is C17H23N11O. The number of aromatic amines is 1. The van der Waals surface area contributed by atoms with E-state index in [1.807, 2.05) is 12.1 Å². The van der Waals surface area contributed by atoms with Crippen molar-refractivity contribution in [2.24, 2.45) is 11.6 Å². The molecule has 0 unspecified atom stereocenters. The van der Waals surface area contributed by atoms with E-state index in [-0.39, 0.29) is 11.6 Å². The average molecular weight is 397 g/mol. The molecule has 7 N–H and O–H groups in total. The number of nitrogens with one attached hydrogen (secondary N) is 1. The van der Waals surface area contributed by atoms with Gasteiger partial charge < -0.3 is 11.5 Å². The summed E-state index contributed by atoms with van der Waals surface area (Å²) in [5, 5.41) is 15.9. The first kappa shape index (κ1) is 18.8. The standard InChI is InChI=1S/C17H23N11O/c18-12(9-14-22-16(24-23-14)11-3-5-21-6-4-11)13(10-27-7-1-2-8-27)28(20)17-15(19)25-29-26-17/h3-6H,1-2,7-10,18,20H2,(H2,19,25)(H,22,23,24)/b13-12-. The van der Waals surface area contributed by atoms with Crippen LogP contribution in [0.1, 0.15) is 18.7 Å². The van der Waals surface area contributed by atoms with E-state index in [1.54, 1.807) is 12.4 Å². The van der Waals surface area contributed by atoms with Crippen molar-refractivity contribution < 1.29 is 4.63 Å². The fourth-order valence-electron chi connectivity index (χ4n) is 3.26. The minimum atomic E-state index is 0.0962. The fraction of sp³-hybridized carbons (Fsp3) is 0.353. The van der Waals surface area contributed by atoms with Crippen LogP contribution in [-0.2, 0) is 6.42 Å². The lowest BCUT2D eigenvalue weighted by Gasteiger charge is -2.25. The van der Waals surface area contributed by atoms with Crippen LogP contribution < -0.4 is 22.3 Å². The molecule has 0 aliphatic carbocycles. The molecule has 4 heterocycles. The Labute approximate surface area is 166 Å². The van der Waals surface area contributed by atoms with Gasteiger partial charge in [-0.05, 0) is 48.4 Å². The number of nitrogen functional groups attached to an aromatic ring is 1. The summed E-state index contributed by atoms with van der Waals surface area (Å²) in [6.07, 6.45) is 6.00. The number of anilines is 2. The van der Waals surface area contributed by atoms with Gasteiger partial charge in [-0.3, -0.25) is 20.0 Å². The molecule has 1 fully saturated rings. The third-order valence-corrected chi connectivity index (χ3v) is 4.79. The monoisotopic (exact) mass is 397 g/mol. The topological polar surface area (TPSA) is 178 Å². The van der Waals surface area contributed by atoms with E-state index in [1.165, 1.54) is 5.01 Å². The summed E-state index contributed by atoms with van der Waals surface area (Å²) in [4.78, 5) is 10.8. The van der Waals surface area contributed by atoms with Crippen LogP contribution in [0.4, 0.5) is 11.6 Å². The van der Waals surface area contributed by atoms with Gasteiger partial charge in [-0.15, -0.1) is 0 Å². The van der Waals surface area contributed by atoms with Crippen molar-refractivity contribution in [2.75, 3.05) is 30.4 Å². The van der Waals surface area contributed by atoms with Crippen LogP contribution in [0, 0.1) is 0 Å². The first-order valence-electron chi connectivity index (χ1n) is 9.26. The van der Waals surface area contributed by atoms with Crippen molar-refractivity contribution in [1.82, 2.24) is 35.4 Å². The molecular weight excluding hydrogens is 374 g/mol. The maximum atomic E-state index is 6.45. The first-order valence-corrected chi connectivity index (χ1v) is 9.26. The number of nitrogens with two attached hydrogens (primary N) is 3. The summed E-state index contributed by atoms with van der Waals surface area (Å²) >= 11 is 0. The summed E-state index contributed by atoms with van der Waals surface area (Å²) in [7, 11) is 0. The number of aromatic nitrogens is 6. The fourth-order valence-corrected chi connectivity index (χ4v) is 3.26. The molecule has 0 bridgehead atoms. The molecule has 1 saturated heterocycles. The highest BCUT2D eigenvalue weighted by Crippen LogP contribution is 2.23. The molecule has 1 aliphatic heterocycles. The van der Waals surface area contributed by atoms with E-state index in [0.717, 1.165) is 31.5 Å². The van der Waals surface area contributed by atoms with Crippen molar-refractivity contribution in [1.29, 1.82) is 0 Å². The summed E-state index contributed by atoms with van der Waals surface area (Å²) in [5.41, 5.74) is 14.3. The maximum Gasteiger partial charge on any atom is 0.236 e. The molecule has 12 nitrogen and oxygen atoms in total. The molecule has 3 aromatic rings. The summed E-state index contributed by atoms with van der Waals surface area (Å²) in [6, 6.07) is 3.68. The number of hydrogen-bond donors (Lipinski definition) is 4. The maximum absolute atomic E-state index is 6.45. The van der Waals surface area contributed by atoms with Crippen molar-refractivity contribution in [3.8, 4) is 11.4 Å². The quantitative estimate of drug-likeness (QED) is 0.312. The van der Waals surface area contributed by atoms with Crippen LogP contribution in [0.5, 0.6) is 0 Å². The number of pyridine rings is 1. The van der Waals surface area contributed by atoms with Gasteiger partial charge in [0, 0.05) is 36.6 Å². The molecule has 0 aromatic carbocycles. The van der Waals surface area contributed by atoms with Crippen LogP contribution in [0.25, 0.3) is 11.4 Å². The number of H-pyrrole nitrogens is 1. The van der Waals surface area contributed by atoms with Crippen molar-refractivity contribution in [3.63, 3.8) is 0 Å². The Kier molecular flexibility index (Phi) is 5.35. The number of likely N-dealkylation sites (tertiary alicyclic amines) is 1. The second kappa shape index (κ2) is 8.24. The zero-order valence-electron chi connectivity index (χ0n) is 15.8. The summed E-state index contributed by atoms with van der Waals surface area (Å²) in [5.74, 6) is 7.80. The van der Waals surface area contributed by atoms with Gasteiger partial charge in [0.05, 0.1) is 5.70 Å². The highest BCUT2D eigenvalue weighted by molar-refractivity contribution is 5.59. The van der Waals surface area contributed by atoms with E-state index < -0.39 is 0 Å². The van der Waals surface area contributed by atoms with Crippen molar-refractivity contribution >= 4 is 11.6 Å². The third kappa shape index (κ3) is 4.17. The molecule has 0 spiro atoms. The largest absolute Gasteiger partial charge is 0.400 e. The van der Waals surface area contributed by atoms with Gasteiger partial charge in [0.1, 0.15) is 5.82 Å². The normalized spacial score (nSPS) is 15.5. The molecule has 1 aliphatic rings. The third-order valence-electron chi connectivity index (χ3n) is 4.79. The Hall–Kier alpha value is -3.51. The van der Waals surface area contributed by atoms with Crippen molar-refractivity contribution in [3.05, 3.63) is 41.7 Å². The Morgan fingerprint density at radius 3 is 2.66 bits per heavy atom. The Morgan fingerprint density at radius 2 is 1.97 bits per heavy atom. The summed E-state index contributed by atoms with van der Waals surface area (Å²) in [6.45, 7) is 2.51. The van der Waals surface area contributed by atoms with E-state index in [2.05, 4.69) is 40.0 Å². The second-order valence-electron chi connectivity index (χ2n) is 6.82. The van der Waals surface area contributed by atoms with Crippen LogP contribution >= 0.6 is 0 Å². The average Bonchev–Trinajstić information content (AvgIpc) is 3.48. The van der Waals surface area contributed by atoms with E-state index in [0.29, 0.717) is 36.0 Å². The van der Waals surface area contributed by atoms with E-state index >= 15 is 0 Å². The number of rotatable bonds is 7. The zero-order chi connectivity index (χ0) is 20.2. The number of hydrazine groups is 1. The highest BCUT2D eigenvalue weighted by Gasteiger charge is 2.23. The molecule has 12 heteroatoms. The molecule has 0 saturated carbocycles. The Morgan fingerprint density at radius 1 is 1.21 bits per heavy atom. The van der Waals surface area contributed by atoms with Gasteiger partial charge in [-0.1, -0.05) is 0 Å². The number of nitrogens with zero attached hydrogens (tertiary/aromatic N) is 7. The highest BCUT2D eigenvalue weighted by atomic mass is 16.6. The number of hydrogen-bond acceptors (Lipinski definition) is 11. The lowest BCUT2D eigenvalue weighted by atomic mass is 10.2. The minimum absolute atomic E-state index is 0.0962. The Bertz CT molecular complexity index is 974. The van der Waals surface area contributed by atoms with Gasteiger partial charge in [0.2, 0.25) is 11.6 Å². The van der Waals surface area contributed by atoms with Gasteiger partial charge in [0.25, 0.3) is 0 Å². The van der Waals surface area contributed by atoms with Gasteiger partial charge in [0.15, 0.2) is 5.82 Å². The number of allylic oxidation sites excluding steroid dienone is 1. The van der Waals surface area contributed by atoms with Crippen LogP contribution in [0.15, 0.2) is 40.5 Å². The molecule has 0 amide bonds. The lowest BCUT2D eigenvalue weighted by molar-refractivity contribution is 0.309. The van der Waals surface area contributed by atoms with Crippen molar-refractivity contribution in [2.45, 2.75) is 19.3 Å². The SMILES string of the molecule is N/C(Cc1nc(-c2ccncc2)n[nH]1)=C(/CN1CCCC1)N(N)c1nonc1N. The predicted octanol–water partition coefficient (Wildman–Crippen LogP) is 0.0208. The molecule has 0 atom stereocenters. The molecule has 4 rings (SSSR count). The van der Waals surface area contributed by atoms with Crippen LogP contribution in [0.2, 0.25) is 0 Å². The predicted molar refractivity (Wildman–Crippen MR) is 106 cm³/mol. The van der Waals surface area contributed by atoms with Gasteiger partial charge in [-0.25, -0.2) is 15.5 Å². The molecule has 0 radical (unpaired) electrons. The van der Waals surface area contributed by atoms with E-state index in [9.17, 15) is 0 Å². The minimum Gasteiger partial charge on any atom is -0.400 e. The van der Waals surface area contributed by atoms with E-state index in [4.69, 9.17) is 17.3 Å². The van der Waals surface area contributed by atoms with Crippen LogP contribution in [-0.4, -0.2) is 55.0 Å². The summed E-state index contributed by atoms with van der Waals surface area (Å²) < 4.78 is 4.68. The Balaban J connectivity index is 1.59. The zero-order valence-corrected chi connectivity index (χ0v) is 15.8. The lowest BCUT2D eigenvalue weighted by Crippen LogP contribution is -2.39. The van der Waals surface area contributed by atoms with Gasteiger partial charge in [-0.2, -0.15) is 5.10 Å². The smallest absolute Gasteiger partial charge is 0.236 e. The first-order chi connectivity index (χ1) is 14.1. The molecule has 152 valence electrons. The molecule has 29 heavy (non-hydrogen) atoms. The second-order valence-corrected chi connectivity index (χ2v) is 6.82. The van der Waals surface area contributed by atoms with Crippen LogP contribution in [0.3, 0.4) is 0 Å².